The van der Waals surface area contributed by atoms with E-state index in [1.54, 1.807) is 0 Å². The molecule has 0 aromatic heterocycles. The van der Waals surface area contributed by atoms with Crippen LogP contribution in [0.5, 0.6) is 0 Å². The number of hydrogen-bond acceptors (Lipinski definition) is 6. The molecule has 5 nitrogen and oxygen atoms in total. The minimum atomic E-state index is 0.426. The molecule has 0 saturated carbocycles. The van der Waals surface area contributed by atoms with Crippen molar-refractivity contribution in [3.8, 4) is 0 Å². The monoisotopic (exact) mass is 237 g/mol. The predicted molar refractivity (Wildman–Crippen MR) is 67.2 cm³/mol. The molecule has 0 fully saturated rings. The van der Waals surface area contributed by atoms with Crippen LogP contribution in [-0.4, -0.2) is 43.6 Å². The Balaban J connectivity index is 2.88. The minimum Gasteiger partial charge on any atom is -0.384 e. The second-order valence-corrected chi connectivity index (χ2v) is 4.23. The van der Waals surface area contributed by atoms with E-state index in [0.29, 0.717) is 10.9 Å². The van der Waals surface area contributed by atoms with Gasteiger partial charge in [-0.15, -0.1) is 0 Å². The highest BCUT2D eigenvalue weighted by atomic mass is 32.2. The molecule has 0 aliphatic rings. The van der Waals surface area contributed by atoms with Gasteiger partial charge < -0.3 is 22.1 Å². The molecule has 0 bridgehead atoms. The van der Waals surface area contributed by atoms with Crippen LogP contribution in [0.25, 0.3) is 0 Å². The molecule has 0 amide bonds. The molecule has 0 heterocycles. The van der Waals surface area contributed by atoms with E-state index in [-0.39, 0.29) is 0 Å². The summed E-state index contributed by atoms with van der Waals surface area (Å²) < 4.78 is 3.46. The summed E-state index contributed by atoms with van der Waals surface area (Å²) in [5, 5.41) is 6.45. The van der Waals surface area contributed by atoms with Crippen LogP contribution in [0.3, 0.4) is 0 Å². The molecule has 7 N–H and O–H groups in total. The highest BCUT2D eigenvalue weighted by Gasteiger charge is 1.90. The zero-order valence-corrected chi connectivity index (χ0v) is 9.85. The maximum absolute atomic E-state index is 5.32. The fourth-order valence-electron chi connectivity index (χ4n) is 0.790. The first-order valence-corrected chi connectivity index (χ1v) is 5.80. The van der Waals surface area contributed by atoms with Gasteiger partial charge in [0, 0.05) is 39.3 Å². The van der Waals surface area contributed by atoms with Gasteiger partial charge in [-0.3, -0.25) is 4.72 Å². The summed E-state index contributed by atoms with van der Waals surface area (Å²) in [5.41, 5.74) is 10.6. The Morgan fingerprint density at radius 3 is 2.21 bits per heavy atom. The van der Waals surface area contributed by atoms with E-state index in [1.807, 2.05) is 0 Å². The molecule has 0 aliphatic heterocycles. The van der Waals surface area contributed by atoms with Crippen molar-refractivity contribution >= 4 is 28.5 Å². The van der Waals surface area contributed by atoms with Crippen molar-refractivity contribution in [2.45, 2.75) is 0 Å². The van der Waals surface area contributed by atoms with Gasteiger partial charge in [0.1, 0.15) is 4.32 Å². The Morgan fingerprint density at radius 2 is 1.64 bits per heavy atom. The third-order valence-electron chi connectivity index (χ3n) is 1.38. The Labute approximate surface area is 94.9 Å². The van der Waals surface area contributed by atoms with E-state index < -0.39 is 0 Å². The molecule has 0 aliphatic carbocycles. The Morgan fingerprint density at radius 1 is 1.07 bits per heavy atom. The molecule has 7 heteroatoms. The van der Waals surface area contributed by atoms with Crippen LogP contribution in [0.15, 0.2) is 0 Å². The van der Waals surface area contributed by atoms with Crippen LogP contribution in [0.4, 0.5) is 0 Å². The summed E-state index contributed by atoms with van der Waals surface area (Å²) in [6.45, 7) is 5.20. The maximum Gasteiger partial charge on any atom is 0.146 e. The molecule has 0 spiro atoms. The van der Waals surface area contributed by atoms with Crippen LogP contribution in [0, 0.1) is 0 Å². The SMILES string of the molecule is NCCNCCNCCNSC(N)=S. The smallest absolute Gasteiger partial charge is 0.146 e. The molecule has 0 rings (SSSR count). The maximum atomic E-state index is 5.32. The van der Waals surface area contributed by atoms with Gasteiger partial charge in [0.05, 0.1) is 0 Å². The first-order chi connectivity index (χ1) is 6.77. The molecular formula is C7H19N5S2. The first kappa shape index (κ1) is 14.1. The fourth-order valence-corrected chi connectivity index (χ4v) is 1.31. The molecular weight excluding hydrogens is 218 g/mol. The molecule has 0 aromatic rings. The van der Waals surface area contributed by atoms with Gasteiger partial charge in [-0.25, -0.2) is 0 Å². The van der Waals surface area contributed by atoms with Gasteiger partial charge >= 0.3 is 0 Å². The molecule has 0 unspecified atom stereocenters. The fraction of sp³-hybridized carbons (Fsp3) is 0.857. The Bertz CT molecular complexity index is 144. The topological polar surface area (TPSA) is 88.1 Å². The second kappa shape index (κ2) is 11.2. The summed E-state index contributed by atoms with van der Waals surface area (Å²) in [7, 11) is 0. The number of thiocarbonyl (C=S) groups is 1. The van der Waals surface area contributed by atoms with E-state index in [0.717, 1.165) is 32.7 Å². The van der Waals surface area contributed by atoms with Gasteiger partial charge in [0.2, 0.25) is 0 Å². The lowest BCUT2D eigenvalue weighted by Crippen LogP contribution is -2.33. The van der Waals surface area contributed by atoms with Crippen molar-refractivity contribution in [2.75, 3.05) is 39.3 Å². The quantitative estimate of drug-likeness (QED) is 0.192. The normalized spacial score (nSPS) is 10.4. The summed E-state index contributed by atoms with van der Waals surface area (Å²) in [4.78, 5) is 0. The van der Waals surface area contributed by atoms with Crippen molar-refractivity contribution in [1.29, 1.82) is 0 Å². The standard InChI is InChI=1S/C7H19N5S2/c8-1-2-10-3-4-11-5-6-12-14-7(9)13/h10-12H,1-6,8H2,(H2,9,13). The van der Waals surface area contributed by atoms with Crippen LogP contribution in [0.1, 0.15) is 0 Å². The predicted octanol–water partition coefficient (Wildman–Crippen LogP) is -1.39. The van der Waals surface area contributed by atoms with Gasteiger partial charge in [-0.2, -0.15) is 0 Å². The second-order valence-electron chi connectivity index (χ2n) is 2.60. The molecule has 0 radical (unpaired) electrons. The molecule has 0 aromatic carbocycles. The van der Waals surface area contributed by atoms with E-state index in [1.165, 1.54) is 11.9 Å². The van der Waals surface area contributed by atoms with Gasteiger partial charge in [-0.05, 0) is 11.9 Å². The first-order valence-electron chi connectivity index (χ1n) is 4.58. The lowest BCUT2D eigenvalue weighted by molar-refractivity contribution is 0.614. The summed E-state index contributed by atoms with van der Waals surface area (Å²) in [5.74, 6) is 0. The van der Waals surface area contributed by atoms with E-state index in [4.69, 9.17) is 11.5 Å². The largest absolute Gasteiger partial charge is 0.384 e. The van der Waals surface area contributed by atoms with Gasteiger partial charge in [0.15, 0.2) is 0 Å². The van der Waals surface area contributed by atoms with Crippen molar-refractivity contribution in [3.05, 3.63) is 0 Å². The third-order valence-corrected chi connectivity index (χ3v) is 2.18. The average Bonchev–Trinajstić information content (AvgIpc) is 2.15. The van der Waals surface area contributed by atoms with E-state index in [9.17, 15) is 0 Å². The van der Waals surface area contributed by atoms with E-state index >= 15 is 0 Å². The lowest BCUT2D eigenvalue weighted by Gasteiger charge is -2.05. The van der Waals surface area contributed by atoms with Crippen molar-refractivity contribution in [1.82, 2.24) is 15.4 Å². The molecule has 84 valence electrons. The summed E-state index contributed by atoms with van der Waals surface area (Å²) in [6, 6.07) is 0. The highest BCUT2D eigenvalue weighted by Crippen LogP contribution is 1.89. The number of nitrogens with two attached hydrogens (primary N) is 2. The zero-order valence-electron chi connectivity index (χ0n) is 8.21. The zero-order chi connectivity index (χ0) is 10.6. The highest BCUT2D eigenvalue weighted by molar-refractivity contribution is 8.21. The molecule has 14 heavy (non-hydrogen) atoms. The van der Waals surface area contributed by atoms with Crippen LogP contribution >= 0.6 is 24.2 Å². The van der Waals surface area contributed by atoms with Gasteiger partial charge in [0.25, 0.3) is 0 Å². The van der Waals surface area contributed by atoms with Crippen LogP contribution in [0.2, 0.25) is 0 Å². The van der Waals surface area contributed by atoms with Crippen molar-refractivity contribution in [3.63, 3.8) is 0 Å². The third kappa shape index (κ3) is 12.1. The van der Waals surface area contributed by atoms with Crippen molar-refractivity contribution in [2.24, 2.45) is 11.5 Å². The van der Waals surface area contributed by atoms with Crippen LogP contribution in [-0.2, 0) is 0 Å². The van der Waals surface area contributed by atoms with Crippen molar-refractivity contribution < 1.29 is 0 Å². The number of hydrogen-bond donors (Lipinski definition) is 5. The number of nitrogens with one attached hydrogen (secondary N) is 3. The average molecular weight is 237 g/mol. The molecule has 0 saturated heterocycles. The Kier molecular flexibility index (Phi) is 11.2. The van der Waals surface area contributed by atoms with Crippen LogP contribution < -0.4 is 26.8 Å². The Hall–Kier alpha value is 0.0800. The minimum absolute atomic E-state index is 0.426. The summed E-state index contributed by atoms with van der Waals surface area (Å²) >= 11 is 5.97. The van der Waals surface area contributed by atoms with Gasteiger partial charge in [-0.1, -0.05) is 12.2 Å². The van der Waals surface area contributed by atoms with E-state index in [2.05, 4.69) is 27.6 Å². The number of rotatable bonds is 9. The molecule has 0 atom stereocenters. The lowest BCUT2D eigenvalue weighted by atomic mass is 10.5. The summed E-state index contributed by atoms with van der Waals surface area (Å²) in [6.07, 6.45) is 0.